The van der Waals surface area contributed by atoms with E-state index in [0.717, 1.165) is 17.3 Å². The van der Waals surface area contributed by atoms with Gasteiger partial charge in [0.1, 0.15) is 18.2 Å². The standard InChI is InChI=1S/C19H19N7O2.C4H9N.C2H2/c1-12(7-16-18(27)25-19(28)24-16)10-22-26-6-5-17(21-11-26)23-15-4-3-13(2)14(8-15)9-20;1-5-4-2-3-4;1-2/h3-8,10,12H,11H2,1-2H3,(H,21,23)(H2,24,25,27,28);4-5H,2-3H2,1H3;1-2H/b16-7-,22-10-;;. The molecular weight excluding hydrogens is 444 g/mol. The van der Waals surface area contributed by atoms with Gasteiger partial charge in [-0.3, -0.25) is 15.1 Å². The van der Waals surface area contributed by atoms with Crippen molar-refractivity contribution in [2.45, 2.75) is 32.7 Å². The normalized spacial score (nSPS) is 18.3. The molecule has 3 aliphatic rings. The maximum Gasteiger partial charge on any atom is 0.326 e. The van der Waals surface area contributed by atoms with Crippen LogP contribution in [0.2, 0.25) is 0 Å². The molecule has 10 nitrogen and oxygen atoms in total. The number of anilines is 1. The van der Waals surface area contributed by atoms with E-state index in [1.165, 1.54) is 12.8 Å². The van der Waals surface area contributed by atoms with Crippen molar-refractivity contribution in [1.82, 2.24) is 21.0 Å². The third-order valence-corrected chi connectivity index (χ3v) is 5.01. The van der Waals surface area contributed by atoms with Crippen molar-refractivity contribution in [3.63, 3.8) is 0 Å². The van der Waals surface area contributed by atoms with Crippen molar-refractivity contribution in [2.24, 2.45) is 16.0 Å². The molecule has 4 rings (SSSR count). The molecule has 1 aromatic carbocycles. The molecule has 0 bridgehead atoms. The van der Waals surface area contributed by atoms with E-state index < -0.39 is 11.9 Å². The molecule has 0 radical (unpaired) electrons. The summed E-state index contributed by atoms with van der Waals surface area (Å²) in [5, 5.41) is 25.9. The number of aryl methyl sites for hydroxylation is 1. The lowest BCUT2D eigenvalue weighted by Crippen LogP contribution is -2.22. The summed E-state index contributed by atoms with van der Waals surface area (Å²) >= 11 is 0. The molecule has 3 amide bonds. The number of hydrazone groups is 1. The molecule has 2 heterocycles. The largest absolute Gasteiger partial charge is 0.340 e. The summed E-state index contributed by atoms with van der Waals surface area (Å²) in [6, 6.07) is 8.08. The molecule has 0 aromatic heterocycles. The first kappa shape index (κ1) is 26.8. The van der Waals surface area contributed by atoms with E-state index >= 15 is 0 Å². The van der Waals surface area contributed by atoms with Crippen LogP contribution in [0, 0.1) is 37.0 Å². The topological polar surface area (TPSA) is 134 Å². The van der Waals surface area contributed by atoms with Crippen molar-refractivity contribution in [3.05, 3.63) is 53.4 Å². The fourth-order valence-electron chi connectivity index (χ4n) is 2.90. The zero-order valence-corrected chi connectivity index (χ0v) is 20.1. The molecule has 0 spiro atoms. The molecule has 10 heteroatoms. The Balaban J connectivity index is 0.000000538. The van der Waals surface area contributed by atoms with Crippen LogP contribution in [0.15, 0.2) is 52.3 Å². The van der Waals surface area contributed by atoms with Gasteiger partial charge < -0.3 is 16.0 Å². The maximum atomic E-state index is 11.5. The minimum absolute atomic E-state index is 0.159. The zero-order valence-electron chi connectivity index (χ0n) is 20.1. The Bertz CT molecular complexity index is 1110. The predicted octanol–water partition coefficient (Wildman–Crippen LogP) is 2.43. The van der Waals surface area contributed by atoms with Gasteiger partial charge in [-0.1, -0.05) is 13.0 Å². The molecule has 2 aliphatic heterocycles. The molecule has 1 aliphatic carbocycles. The van der Waals surface area contributed by atoms with Crippen LogP contribution in [-0.2, 0) is 4.79 Å². The molecule has 2 fully saturated rings. The van der Waals surface area contributed by atoms with Gasteiger partial charge in [-0.15, -0.1) is 12.8 Å². The van der Waals surface area contributed by atoms with Crippen molar-refractivity contribution in [1.29, 1.82) is 5.26 Å². The number of imide groups is 1. The first-order valence-electron chi connectivity index (χ1n) is 11.0. The number of nitriles is 1. The summed E-state index contributed by atoms with van der Waals surface area (Å²) in [6.07, 6.45) is 17.6. The van der Waals surface area contributed by atoms with Gasteiger partial charge in [0.25, 0.3) is 5.91 Å². The lowest BCUT2D eigenvalue weighted by molar-refractivity contribution is -0.115. The average molecular weight is 475 g/mol. The summed E-state index contributed by atoms with van der Waals surface area (Å²) in [6.45, 7) is 4.06. The molecule has 182 valence electrons. The molecule has 35 heavy (non-hydrogen) atoms. The van der Waals surface area contributed by atoms with Crippen molar-refractivity contribution >= 4 is 29.7 Å². The summed E-state index contributed by atoms with van der Waals surface area (Å²) < 4.78 is 0. The number of hydrogen-bond donors (Lipinski definition) is 4. The van der Waals surface area contributed by atoms with Crippen molar-refractivity contribution in [2.75, 3.05) is 19.0 Å². The second-order valence-electron chi connectivity index (χ2n) is 7.88. The number of amidine groups is 1. The van der Waals surface area contributed by atoms with E-state index in [-0.39, 0.29) is 11.6 Å². The summed E-state index contributed by atoms with van der Waals surface area (Å²) in [5.41, 5.74) is 2.55. The van der Waals surface area contributed by atoms with Gasteiger partial charge in [0, 0.05) is 30.1 Å². The van der Waals surface area contributed by atoms with E-state index in [2.05, 4.69) is 50.3 Å². The van der Waals surface area contributed by atoms with Gasteiger partial charge in [-0.05, 0) is 56.7 Å². The predicted molar refractivity (Wildman–Crippen MR) is 137 cm³/mol. The fraction of sp³-hybridized carbons (Fsp3) is 0.320. The highest BCUT2D eigenvalue weighted by molar-refractivity contribution is 6.11. The first-order valence-corrected chi connectivity index (χ1v) is 11.0. The van der Waals surface area contributed by atoms with Gasteiger partial charge in [-0.2, -0.15) is 10.4 Å². The number of terminal acetylenes is 1. The molecule has 1 saturated heterocycles. The summed E-state index contributed by atoms with van der Waals surface area (Å²) in [4.78, 5) is 27.0. The molecular formula is C25H30N8O2. The number of carbonyl (C=O) groups excluding carboxylic acids is 2. The average Bonchev–Trinajstić information content (AvgIpc) is 3.65. The van der Waals surface area contributed by atoms with Gasteiger partial charge in [0.15, 0.2) is 0 Å². The van der Waals surface area contributed by atoms with Crippen LogP contribution in [0.1, 0.15) is 30.9 Å². The molecule has 4 N–H and O–H groups in total. The van der Waals surface area contributed by atoms with Gasteiger partial charge in [0.05, 0.1) is 11.6 Å². The number of allylic oxidation sites excluding steroid dienone is 1. The van der Waals surface area contributed by atoms with Gasteiger partial charge in [0.2, 0.25) is 0 Å². The van der Waals surface area contributed by atoms with Gasteiger partial charge in [-0.25, -0.2) is 9.79 Å². The van der Waals surface area contributed by atoms with E-state index in [4.69, 9.17) is 5.26 Å². The highest BCUT2D eigenvalue weighted by atomic mass is 16.2. The Hall–Kier alpha value is -4.41. The Kier molecular flexibility index (Phi) is 10.2. The Morgan fingerprint density at radius 1 is 1.31 bits per heavy atom. The fourth-order valence-corrected chi connectivity index (χ4v) is 2.90. The first-order chi connectivity index (χ1) is 16.9. The van der Waals surface area contributed by atoms with Crippen LogP contribution >= 0.6 is 0 Å². The highest BCUT2D eigenvalue weighted by Crippen LogP contribution is 2.17. The number of aliphatic imine (C=N–C) groups is 1. The number of benzene rings is 1. The quantitative estimate of drug-likeness (QED) is 0.224. The van der Waals surface area contributed by atoms with E-state index in [1.807, 2.05) is 33.0 Å². The molecule has 1 atom stereocenters. The lowest BCUT2D eigenvalue weighted by Gasteiger charge is -2.18. The number of carbonyl (C=O) groups is 2. The summed E-state index contributed by atoms with van der Waals surface area (Å²) in [7, 11) is 2.01. The highest BCUT2D eigenvalue weighted by Gasteiger charge is 2.23. The van der Waals surface area contributed by atoms with Crippen LogP contribution in [0.4, 0.5) is 10.5 Å². The maximum absolute atomic E-state index is 11.5. The van der Waals surface area contributed by atoms with Crippen LogP contribution < -0.4 is 21.3 Å². The molecule has 1 unspecified atom stereocenters. The Labute approximate surface area is 205 Å². The number of urea groups is 1. The second-order valence-corrected chi connectivity index (χ2v) is 7.88. The smallest absolute Gasteiger partial charge is 0.326 e. The number of nitrogens with zero attached hydrogens (tertiary/aromatic N) is 4. The van der Waals surface area contributed by atoms with Crippen LogP contribution in [0.3, 0.4) is 0 Å². The Morgan fingerprint density at radius 2 is 2.06 bits per heavy atom. The molecule has 1 aromatic rings. The second kappa shape index (κ2) is 13.3. The molecule has 1 saturated carbocycles. The monoisotopic (exact) mass is 474 g/mol. The third-order valence-electron chi connectivity index (χ3n) is 5.01. The minimum Gasteiger partial charge on any atom is -0.340 e. The third kappa shape index (κ3) is 8.80. The van der Waals surface area contributed by atoms with E-state index in [1.54, 1.807) is 35.6 Å². The lowest BCUT2D eigenvalue weighted by atomic mass is 10.1. The number of amides is 3. The number of rotatable bonds is 5. The van der Waals surface area contributed by atoms with E-state index in [0.29, 0.717) is 18.1 Å². The summed E-state index contributed by atoms with van der Waals surface area (Å²) in [5.74, 6) is 0.0619. The van der Waals surface area contributed by atoms with Crippen LogP contribution in [-0.4, -0.2) is 48.8 Å². The SMILES string of the molecule is C#C.CNC1CC1.Cc1ccc(NC2=NCN(/N=C\C(C)/C=C3\NC(=O)NC3=O)C=C2)cc1C#N. The van der Waals surface area contributed by atoms with Gasteiger partial charge >= 0.3 is 6.03 Å². The van der Waals surface area contributed by atoms with Crippen LogP contribution in [0.25, 0.3) is 0 Å². The number of hydrogen-bond acceptors (Lipinski definition) is 8. The van der Waals surface area contributed by atoms with Crippen LogP contribution in [0.5, 0.6) is 0 Å². The van der Waals surface area contributed by atoms with Crippen molar-refractivity contribution in [3.8, 4) is 18.9 Å². The minimum atomic E-state index is -0.524. The zero-order chi connectivity index (χ0) is 25.8. The Morgan fingerprint density at radius 3 is 2.57 bits per heavy atom. The van der Waals surface area contributed by atoms with E-state index in [9.17, 15) is 9.59 Å². The number of nitrogens with one attached hydrogen (secondary N) is 4. The van der Waals surface area contributed by atoms with Crippen molar-refractivity contribution < 1.29 is 9.59 Å².